The van der Waals surface area contributed by atoms with Gasteiger partial charge in [-0.05, 0) is 22.3 Å². The van der Waals surface area contributed by atoms with Crippen LogP contribution in [-0.4, -0.2) is 39.6 Å². The summed E-state index contributed by atoms with van der Waals surface area (Å²) in [5, 5.41) is 0. The second-order valence-corrected chi connectivity index (χ2v) is 8.99. The summed E-state index contributed by atoms with van der Waals surface area (Å²) in [6, 6.07) is 17.2. The van der Waals surface area contributed by atoms with Gasteiger partial charge in [-0.1, -0.05) is 62.4 Å². The second kappa shape index (κ2) is 8.34. The molecule has 2 aliphatic rings. The van der Waals surface area contributed by atoms with Gasteiger partial charge in [0.1, 0.15) is 0 Å². The van der Waals surface area contributed by atoms with Gasteiger partial charge in [-0.2, -0.15) is 0 Å². The molecular formula is C24H30O4. The summed E-state index contributed by atoms with van der Waals surface area (Å²) in [7, 11) is 0. The average Bonchev–Trinajstić information content (AvgIpc) is 2.66. The van der Waals surface area contributed by atoms with Gasteiger partial charge in [-0.25, -0.2) is 0 Å². The lowest BCUT2D eigenvalue weighted by Gasteiger charge is -2.37. The molecule has 2 saturated heterocycles. The van der Waals surface area contributed by atoms with Crippen LogP contribution in [0, 0.1) is 10.8 Å². The molecule has 0 aromatic heterocycles. The van der Waals surface area contributed by atoms with Crippen LogP contribution in [0.15, 0.2) is 48.5 Å². The number of ether oxygens (including phenoxy) is 4. The lowest BCUT2D eigenvalue weighted by Crippen LogP contribution is -2.43. The van der Waals surface area contributed by atoms with E-state index >= 15 is 0 Å². The monoisotopic (exact) mass is 382 g/mol. The Labute approximate surface area is 167 Å². The van der Waals surface area contributed by atoms with Crippen LogP contribution in [0.1, 0.15) is 25.0 Å². The highest BCUT2D eigenvalue weighted by molar-refractivity contribution is 5.63. The van der Waals surface area contributed by atoms with E-state index in [1.54, 1.807) is 0 Å². The summed E-state index contributed by atoms with van der Waals surface area (Å²) in [5.41, 5.74) is 5.24. The lowest BCUT2D eigenvalue weighted by molar-refractivity contribution is -0.140. The third-order valence-electron chi connectivity index (χ3n) is 5.48. The van der Waals surface area contributed by atoms with Gasteiger partial charge in [0.15, 0.2) is 0 Å². The summed E-state index contributed by atoms with van der Waals surface area (Å²) in [5.74, 6) is 0. The van der Waals surface area contributed by atoms with E-state index in [0.717, 1.165) is 39.6 Å². The van der Waals surface area contributed by atoms with Crippen molar-refractivity contribution in [1.29, 1.82) is 0 Å². The van der Waals surface area contributed by atoms with Gasteiger partial charge >= 0.3 is 0 Å². The topological polar surface area (TPSA) is 36.9 Å². The fraction of sp³-hybridized carbons (Fsp3) is 0.500. The predicted molar refractivity (Wildman–Crippen MR) is 109 cm³/mol. The zero-order valence-corrected chi connectivity index (χ0v) is 16.9. The summed E-state index contributed by atoms with van der Waals surface area (Å²) in [4.78, 5) is 0. The van der Waals surface area contributed by atoms with Gasteiger partial charge < -0.3 is 18.9 Å². The molecule has 2 aromatic rings. The molecular weight excluding hydrogens is 352 g/mol. The normalized spacial score (nSPS) is 19.6. The molecule has 4 rings (SSSR count). The molecule has 28 heavy (non-hydrogen) atoms. The Kier molecular flexibility index (Phi) is 5.83. The summed E-state index contributed by atoms with van der Waals surface area (Å²) in [6.07, 6.45) is 0. The van der Waals surface area contributed by atoms with E-state index in [0.29, 0.717) is 13.2 Å². The zero-order chi connectivity index (χ0) is 19.5. The fourth-order valence-electron chi connectivity index (χ4n) is 3.49. The second-order valence-electron chi connectivity index (χ2n) is 8.99. The van der Waals surface area contributed by atoms with Crippen LogP contribution < -0.4 is 0 Å². The van der Waals surface area contributed by atoms with Crippen LogP contribution in [0.3, 0.4) is 0 Å². The molecule has 2 fully saturated rings. The number of rotatable bonds is 9. The molecule has 2 aromatic carbocycles. The molecule has 0 bridgehead atoms. The van der Waals surface area contributed by atoms with Crippen LogP contribution in [-0.2, 0) is 32.2 Å². The van der Waals surface area contributed by atoms with E-state index < -0.39 is 0 Å². The molecule has 2 aliphatic heterocycles. The average molecular weight is 383 g/mol. The van der Waals surface area contributed by atoms with E-state index in [4.69, 9.17) is 18.9 Å². The van der Waals surface area contributed by atoms with Crippen LogP contribution in [0.4, 0.5) is 0 Å². The molecule has 4 heteroatoms. The van der Waals surface area contributed by atoms with Gasteiger partial charge in [0.2, 0.25) is 0 Å². The predicted octanol–water partition coefficient (Wildman–Crippen LogP) is 4.46. The first-order chi connectivity index (χ1) is 13.5. The first kappa shape index (κ1) is 19.6. The molecule has 2 heterocycles. The third-order valence-corrected chi connectivity index (χ3v) is 5.48. The van der Waals surface area contributed by atoms with Crippen molar-refractivity contribution >= 4 is 0 Å². The molecule has 0 spiro atoms. The smallest absolute Gasteiger partial charge is 0.0717 e. The molecule has 150 valence electrons. The van der Waals surface area contributed by atoms with E-state index in [1.807, 2.05) is 0 Å². The third kappa shape index (κ3) is 4.81. The van der Waals surface area contributed by atoms with Crippen molar-refractivity contribution in [1.82, 2.24) is 0 Å². The first-order valence-corrected chi connectivity index (χ1v) is 10.0. The maximum Gasteiger partial charge on any atom is 0.0717 e. The van der Waals surface area contributed by atoms with Crippen molar-refractivity contribution in [2.75, 3.05) is 39.6 Å². The van der Waals surface area contributed by atoms with Gasteiger partial charge in [-0.15, -0.1) is 0 Å². The summed E-state index contributed by atoms with van der Waals surface area (Å²) < 4.78 is 22.2. The van der Waals surface area contributed by atoms with Crippen molar-refractivity contribution in [3.8, 4) is 11.1 Å². The van der Waals surface area contributed by atoms with Crippen molar-refractivity contribution < 1.29 is 18.9 Å². The van der Waals surface area contributed by atoms with Crippen molar-refractivity contribution in [3.05, 3.63) is 59.7 Å². The maximum atomic E-state index is 5.86. The van der Waals surface area contributed by atoms with E-state index in [1.165, 1.54) is 22.3 Å². The van der Waals surface area contributed by atoms with Crippen LogP contribution in [0.2, 0.25) is 0 Å². The Bertz CT molecular complexity index is 691. The Morgan fingerprint density at radius 3 is 1.29 bits per heavy atom. The highest BCUT2D eigenvalue weighted by atomic mass is 16.5. The molecule has 0 radical (unpaired) electrons. The molecule has 0 aliphatic carbocycles. The first-order valence-electron chi connectivity index (χ1n) is 10.0. The largest absolute Gasteiger partial charge is 0.380 e. The Balaban J connectivity index is 1.25. The highest BCUT2D eigenvalue weighted by Gasteiger charge is 2.34. The quantitative estimate of drug-likeness (QED) is 0.642. The van der Waals surface area contributed by atoms with Gasteiger partial charge in [-0.3, -0.25) is 0 Å². The lowest BCUT2D eigenvalue weighted by atomic mass is 9.90. The van der Waals surface area contributed by atoms with E-state index in [9.17, 15) is 0 Å². The van der Waals surface area contributed by atoms with Crippen molar-refractivity contribution in [2.45, 2.75) is 27.1 Å². The van der Waals surface area contributed by atoms with Crippen LogP contribution >= 0.6 is 0 Å². The molecule has 0 unspecified atom stereocenters. The Morgan fingerprint density at radius 2 is 1.00 bits per heavy atom. The molecule has 0 amide bonds. The minimum absolute atomic E-state index is 0.203. The van der Waals surface area contributed by atoms with Gasteiger partial charge in [0, 0.05) is 10.8 Å². The molecule has 4 nitrogen and oxygen atoms in total. The van der Waals surface area contributed by atoms with Gasteiger partial charge in [0.25, 0.3) is 0 Å². The molecule has 0 saturated carbocycles. The highest BCUT2D eigenvalue weighted by Crippen LogP contribution is 2.28. The summed E-state index contributed by atoms with van der Waals surface area (Å²) >= 11 is 0. The Hall–Kier alpha value is -1.72. The van der Waals surface area contributed by atoms with E-state index in [2.05, 4.69) is 62.4 Å². The molecule has 0 atom stereocenters. The van der Waals surface area contributed by atoms with Crippen molar-refractivity contribution in [2.24, 2.45) is 10.8 Å². The van der Waals surface area contributed by atoms with Crippen molar-refractivity contribution in [3.63, 3.8) is 0 Å². The summed E-state index contributed by atoms with van der Waals surface area (Å²) in [6.45, 7) is 10.4. The number of hydrogen-bond donors (Lipinski definition) is 0. The Morgan fingerprint density at radius 1 is 0.643 bits per heavy atom. The van der Waals surface area contributed by atoms with Crippen LogP contribution in [0.25, 0.3) is 11.1 Å². The number of hydrogen-bond acceptors (Lipinski definition) is 4. The zero-order valence-electron chi connectivity index (χ0n) is 16.9. The van der Waals surface area contributed by atoms with Crippen LogP contribution in [0.5, 0.6) is 0 Å². The number of benzene rings is 2. The van der Waals surface area contributed by atoms with Gasteiger partial charge in [0.05, 0.1) is 52.9 Å². The SMILES string of the molecule is CC1(COCc2ccc(-c3ccc(COCC4(C)COC4)cc3)cc2)COC1. The maximum absolute atomic E-state index is 5.86. The standard InChI is InChI=1S/C24H30O4/c1-23(15-27-16-23)13-25-11-19-3-7-21(8-4-19)22-9-5-20(6-10-22)12-26-14-24(2)17-28-18-24/h3-10H,11-18H2,1-2H3. The fourth-order valence-corrected chi connectivity index (χ4v) is 3.49. The minimum Gasteiger partial charge on any atom is -0.380 e. The molecule has 0 N–H and O–H groups in total. The minimum atomic E-state index is 0.203. The van der Waals surface area contributed by atoms with E-state index in [-0.39, 0.29) is 10.8 Å².